The minimum absolute atomic E-state index is 0.0286. The second-order valence-corrected chi connectivity index (χ2v) is 8.11. The highest BCUT2D eigenvalue weighted by molar-refractivity contribution is 5.78. The average molecular weight is 383 g/mol. The van der Waals surface area contributed by atoms with Crippen molar-refractivity contribution in [2.75, 3.05) is 44.8 Å². The quantitative estimate of drug-likeness (QED) is 0.790. The van der Waals surface area contributed by atoms with E-state index < -0.39 is 0 Å². The second kappa shape index (κ2) is 8.55. The third-order valence-electron chi connectivity index (χ3n) is 5.12. The molecule has 0 unspecified atom stereocenters. The number of benzene rings is 2. The van der Waals surface area contributed by atoms with Crippen LogP contribution in [0.5, 0.6) is 11.5 Å². The predicted octanol–water partition coefficient (Wildman–Crippen LogP) is 3.72. The Bertz CT molecular complexity index is 805. The van der Waals surface area contributed by atoms with Gasteiger partial charge in [-0.15, -0.1) is 0 Å². The number of amides is 1. The molecule has 0 bridgehead atoms. The van der Waals surface area contributed by atoms with Crippen LogP contribution in [0.4, 0.5) is 5.69 Å². The molecule has 0 atom stereocenters. The van der Waals surface area contributed by atoms with Crippen molar-refractivity contribution < 1.29 is 14.3 Å². The van der Waals surface area contributed by atoms with E-state index in [1.165, 1.54) is 5.56 Å². The number of nitrogens with zero attached hydrogens (tertiary/aromatic N) is 2. The maximum Gasteiger partial charge on any atom is 0.260 e. The van der Waals surface area contributed by atoms with Gasteiger partial charge in [-0.05, 0) is 35.2 Å². The van der Waals surface area contributed by atoms with Gasteiger partial charge in [-0.25, -0.2) is 0 Å². The van der Waals surface area contributed by atoms with Crippen LogP contribution in [0.25, 0.3) is 0 Å². The first-order valence-corrected chi connectivity index (χ1v) is 9.77. The normalized spacial score (nSPS) is 14.7. The molecule has 0 radical (unpaired) electrons. The summed E-state index contributed by atoms with van der Waals surface area (Å²) in [5.74, 6) is 1.64. The zero-order chi connectivity index (χ0) is 20.1. The highest BCUT2D eigenvalue weighted by atomic mass is 16.5. The van der Waals surface area contributed by atoms with Crippen LogP contribution in [0.15, 0.2) is 48.5 Å². The van der Waals surface area contributed by atoms with Crippen LogP contribution in [0, 0.1) is 0 Å². The summed E-state index contributed by atoms with van der Waals surface area (Å²) in [5, 5.41) is 0. The highest BCUT2D eigenvalue weighted by Crippen LogP contribution is 2.28. The summed E-state index contributed by atoms with van der Waals surface area (Å²) in [4.78, 5) is 16.7. The molecule has 0 aromatic heterocycles. The van der Waals surface area contributed by atoms with Gasteiger partial charge < -0.3 is 19.3 Å². The van der Waals surface area contributed by atoms with E-state index >= 15 is 0 Å². The average Bonchev–Trinajstić information content (AvgIpc) is 2.71. The van der Waals surface area contributed by atoms with Crippen molar-refractivity contribution in [1.29, 1.82) is 0 Å². The van der Waals surface area contributed by atoms with Crippen molar-refractivity contribution in [2.24, 2.45) is 0 Å². The maximum atomic E-state index is 12.6. The minimum atomic E-state index is 0.0286. The van der Waals surface area contributed by atoms with Crippen molar-refractivity contribution in [3.63, 3.8) is 0 Å². The summed E-state index contributed by atoms with van der Waals surface area (Å²) < 4.78 is 11.2. The van der Waals surface area contributed by atoms with Gasteiger partial charge in [0.15, 0.2) is 6.61 Å². The number of carbonyl (C=O) groups is 1. The van der Waals surface area contributed by atoms with Crippen LogP contribution >= 0.6 is 0 Å². The molecule has 0 spiro atoms. The Morgan fingerprint density at radius 2 is 1.71 bits per heavy atom. The first-order valence-electron chi connectivity index (χ1n) is 9.77. The summed E-state index contributed by atoms with van der Waals surface area (Å²) in [6.07, 6.45) is 0. The van der Waals surface area contributed by atoms with E-state index in [2.05, 4.69) is 37.8 Å². The molecule has 0 N–H and O–H groups in total. The van der Waals surface area contributed by atoms with Gasteiger partial charge in [0.2, 0.25) is 0 Å². The molecular weight excluding hydrogens is 352 g/mol. The number of piperazine rings is 1. The Labute approximate surface area is 167 Å². The SMILES string of the molecule is COc1ccccc1N1CCN(C(=O)COc2cccc(C(C)(C)C)c2)CC1. The number of ether oxygens (including phenoxy) is 2. The Balaban J connectivity index is 1.53. The molecule has 0 saturated carbocycles. The molecule has 1 heterocycles. The summed E-state index contributed by atoms with van der Waals surface area (Å²) in [6, 6.07) is 16.0. The molecule has 2 aromatic rings. The molecule has 3 rings (SSSR count). The van der Waals surface area contributed by atoms with Crippen LogP contribution in [0.1, 0.15) is 26.3 Å². The zero-order valence-corrected chi connectivity index (χ0v) is 17.3. The molecule has 5 nitrogen and oxygen atoms in total. The second-order valence-electron chi connectivity index (χ2n) is 8.11. The first-order chi connectivity index (χ1) is 13.4. The first kappa shape index (κ1) is 20.1. The number of carbonyl (C=O) groups excluding carboxylic acids is 1. The summed E-state index contributed by atoms with van der Waals surface area (Å²) in [5.41, 5.74) is 2.33. The van der Waals surface area contributed by atoms with E-state index in [9.17, 15) is 4.79 Å². The third-order valence-corrected chi connectivity index (χ3v) is 5.12. The molecule has 150 valence electrons. The van der Waals surface area contributed by atoms with E-state index in [1.54, 1.807) is 7.11 Å². The summed E-state index contributed by atoms with van der Waals surface area (Å²) in [7, 11) is 1.69. The Kier molecular flexibility index (Phi) is 6.12. The third kappa shape index (κ3) is 4.77. The van der Waals surface area contributed by atoms with Gasteiger partial charge in [0.05, 0.1) is 12.8 Å². The molecule has 1 aliphatic heterocycles. The van der Waals surface area contributed by atoms with Gasteiger partial charge in [-0.3, -0.25) is 4.79 Å². The van der Waals surface area contributed by atoms with Gasteiger partial charge in [0, 0.05) is 26.2 Å². The topological polar surface area (TPSA) is 42.0 Å². The molecule has 1 amide bonds. The van der Waals surface area contributed by atoms with Crippen LogP contribution in [-0.4, -0.2) is 50.7 Å². The fraction of sp³-hybridized carbons (Fsp3) is 0.435. The molecule has 0 aliphatic carbocycles. The number of hydrogen-bond acceptors (Lipinski definition) is 4. The minimum Gasteiger partial charge on any atom is -0.495 e. The van der Waals surface area contributed by atoms with Crippen LogP contribution < -0.4 is 14.4 Å². The predicted molar refractivity (Wildman–Crippen MR) is 112 cm³/mol. The molecule has 5 heteroatoms. The van der Waals surface area contributed by atoms with Gasteiger partial charge >= 0.3 is 0 Å². The van der Waals surface area contributed by atoms with E-state index in [4.69, 9.17) is 9.47 Å². The zero-order valence-electron chi connectivity index (χ0n) is 17.3. The number of methoxy groups -OCH3 is 1. The molecule has 28 heavy (non-hydrogen) atoms. The van der Waals surface area contributed by atoms with Crippen LogP contribution in [-0.2, 0) is 10.2 Å². The molecule has 1 fully saturated rings. The highest BCUT2D eigenvalue weighted by Gasteiger charge is 2.23. The van der Waals surface area contributed by atoms with Gasteiger partial charge in [0.1, 0.15) is 11.5 Å². The summed E-state index contributed by atoms with van der Waals surface area (Å²) >= 11 is 0. The van der Waals surface area contributed by atoms with E-state index in [-0.39, 0.29) is 17.9 Å². The van der Waals surface area contributed by atoms with Crippen molar-refractivity contribution >= 4 is 11.6 Å². The standard InChI is InChI=1S/C23H30N2O3/c1-23(2,3)18-8-7-9-19(16-18)28-17-22(26)25-14-12-24(13-15-25)20-10-5-6-11-21(20)27-4/h5-11,16H,12-15,17H2,1-4H3. The Hall–Kier alpha value is -2.69. The largest absolute Gasteiger partial charge is 0.495 e. The van der Waals surface area contributed by atoms with Crippen molar-refractivity contribution in [2.45, 2.75) is 26.2 Å². The number of para-hydroxylation sites is 2. The van der Waals surface area contributed by atoms with Gasteiger partial charge in [-0.1, -0.05) is 45.0 Å². The monoisotopic (exact) mass is 382 g/mol. The Morgan fingerprint density at radius 1 is 1.00 bits per heavy atom. The number of anilines is 1. The summed E-state index contributed by atoms with van der Waals surface area (Å²) in [6.45, 7) is 9.50. The maximum absolute atomic E-state index is 12.6. The van der Waals surface area contributed by atoms with Gasteiger partial charge in [0.25, 0.3) is 5.91 Å². The van der Waals surface area contributed by atoms with Crippen molar-refractivity contribution in [3.05, 3.63) is 54.1 Å². The molecule has 1 aliphatic rings. The number of rotatable bonds is 5. The lowest BCUT2D eigenvalue weighted by Crippen LogP contribution is -2.50. The van der Waals surface area contributed by atoms with Crippen LogP contribution in [0.3, 0.4) is 0 Å². The lowest BCUT2D eigenvalue weighted by Gasteiger charge is -2.36. The Morgan fingerprint density at radius 3 is 2.39 bits per heavy atom. The lowest BCUT2D eigenvalue weighted by molar-refractivity contribution is -0.133. The van der Waals surface area contributed by atoms with Crippen LogP contribution in [0.2, 0.25) is 0 Å². The van der Waals surface area contributed by atoms with Crippen molar-refractivity contribution in [1.82, 2.24) is 4.90 Å². The van der Waals surface area contributed by atoms with E-state index in [0.29, 0.717) is 13.1 Å². The smallest absolute Gasteiger partial charge is 0.260 e. The fourth-order valence-electron chi connectivity index (χ4n) is 3.38. The molecular formula is C23H30N2O3. The number of hydrogen-bond donors (Lipinski definition) is 0. The van der Waals surface area contributed by atoms with Gasteiger partial charge in [-0.2, -0.15) is 0 Å². The lowest BCUT2D eigenvalue weighted by atomic mass is 9.87. The van der Waals surface area contributed by atoms with Crippen molar-refractivity contribution in [3.8, 4) is 11.5 Å². The molecule has 2 aromatic carbocycles. The molecule has 1 saturated heterocycles. The fourth-order valence-corrected chi connectivity index (χ4v) is 3.38. The van der Waals surface area contributed by atoms with E-state index in [1.807, 2.05) is 41.3 Å². The van der Waals surface area contributed by atoms with E-state index in [0.717, 1.165) is 30.3 Å².